The molecule has 1 saturated carbocycles. The summed E-state index contributed by atoms with van der Waals surface area (Å²) in [5.41, 5.74) is 0. The molecule has 1 N–H and O–H groups in total. The molecule has 1 aromatic rings. The van der Waals surface area contributed by atoms with Crippen LogP contribution in [0.25, 0.3) is 0 Å². The van der Waals surface area contributed by atoms with Crippen LogP contribution in [0, 0.1) is 0 Å². The van der Waals surface area contributed by atoms with E-state index in [9.17, 15) is 0 Å². The molecule has 1 aromatic heterocycles. The lowest BCUT2D eigenvalue weighted by atomic mass is 10.3. The van der Waals surface area contributed by atoms with Crippen LogP contribution in [0.2, 0.25) is 0 Å². The van der Waals surface area contributed by atoms with Gasteiger partial charge in [-0.25, -0.2) is 0 Å². The zero-order chi connectivity index (χ0) is 13.5. The molecule has 0 amide bonds. The Kier molecular flexibility index (Phi) is 5.18. The second-order valence-electron chi connectivity index (χ2n) is 4.63. The van der Waals surface area contributed by atoms with Crippen LogP contribution in [0.3, 0.4) is 0 Å². The Morgan fingerprint density at radius 2 is 1.84 bits per heavy atom. The van der Waals surface area contributed by atoms with Crippen LogP contribution in [0.15, 0.2) is 0 Å². The maximum Gasteiger partial charge on any atom is 0.324 e. The van der Waals surface area contributed by atoms with E-state index in [1.165, 1.54) is 12.8 Å². The maximum atomic E-state index is 5.80. The Labute approximate surface area is 114 Å². The molecule has 2 rings (SSSR count). The van der Waals surface area contributed by atoms with E-state index in [0.29, 0.717) is 24.6 Å². The number of hydrogen-bond acceptors (Lipinski definition) is 6. The summed E-state index contributed by atoms with van der Waals surface area (Å²) in [6.07, 6.45) is 5.74. The first-order chi connectivity index (χ1) is 9.31. The van der Waals surface area contributed by atoms with Gasteiger partial charge in [0, 0.05) is 6.54 Å². The van der Waals surface area contributed by atoms with Crippen LogP contribution >= 0.6 is 0 Å². The summed E-state index contributed by atoms with van der Waals surface area (Å²) in [7, 11) is 0. The van der Waals surface area contributed by atoms with E-state index in [2.05, 4.69) is 20.3 Å². The van der Waals surface area contributed by atoms with Crippen molar-refractivity contribution < 1.29 is 9.47 Å². The van der Waals surface area contributed by atoms with Crippen LogP contribution in [0.5, 0.6) is 12.0 Å². The SMILES string of the molecule is CCCOc1nc(NCC)nc(OC2CCCC2)n1. The van der Waals surface area contributed by atoms with Crippen molar-refractivity contribution in [1.82, 2.24) is 15.0 Å². The fourth-order valence-electron chi connectivity index (χ4n) is 2.04. The molecule has 0 bridgehead atoms. The van der Waals surface area contributed by atoms with E-state index in [-0.39, 0.29) is 6.10 Å². The lowest BCUT2D eigenvalue weighted by Gasteiger charge is -2.13. The van der Waals surface area contributed by atoms with Crippen LogP contribution in [0.4, 0.5) is 5.95 Å². The van der Waals surface area contributed by atoms with Crippen molar-refractivity contribution in [2.24, 2.45) is 0 Å². The molecule has 1 heterocycles. The maximum absolute atomic E-state index is 5.80. The minimum Gasteiger partial charge on any atom is -0.463 e. The Morgan fingerprint density at radius 1 is 1.11 bits per heavy atom. The number of nitrogens with one attached hydrogen (secondary N) is 1. The van der Waals surface area contributed by atoms with Gasteiger partial charge in [-0.05, 0) is 39.0 Å². The molecular formula is C13H22N4O2. The minimum atomic E-state index is 0.232. The third-order valence-corrected chi connectivity index (χ3v) is 2.94. The molecule has 19 heavy (non-hydrogen) atoms. The summed E-state index contributed by atoms with van der Waals surface area (Å²) >= 11 is 0. The van der Waals surface area contributed by atoms with Gasteiger partial charge in [-0.2, -0.15) is 9.97 Å². The molecule has 0 atom stereocenters. The Morgan fingerprint density at radius 3 is 2.53 bits per heavy atom. The van der Waals surface area contributed by atoms with Crippen LogP contribution in [0.1, 0.15) is 46.0 Å². The second-order valence-corrected chi connectivity index (χ2v) is 4.63. The molecule has 6 nitrogen and oxygen atoms in total. The van der Waals surface area contributed by atoms with E-state index in [1.54, 1.807) is 0 Å². The van der Waals surface area contributed by atoms with E-state index in [4.69, 9.17) is 9.47 Å². The van der Waals surface area contributed by atoms with E-state index < -0.39 is 0 Å². The predicted molar refractivity (Wildman–Crippen MR) is 72.7 cm³/mol. The number of ether oxygens (including phenoxy) is 2. The molecule has 6 heteroatoms. The second kappa shape index (κ2) is 7.11. The molecule has 0 aliphatic heterocycles. The number of nitrogens with zero attached hydrogens (tertiary/aromatic N) is 3. The van der Waals surface area contributed by atoms with Gasteiger partial charge >= 0.3 is 12.0 Å². The van der Waals surface area contributed by atoms with Crippen molar-refractivity contribution in [2.45, 2.75) is 52.1 Å². The molecule has 0 aromatic carbocycles. The first kappa shape index (κ1) is 13.8. The van der Waals surface area contributed by atoms with E-state index in [0.717, 1.165) is 25.8 Å². The summed E-state index contributed by atoms with van der Waals surface area (Å²) in [6, 6.07) is 0.699. The van der Waals surface area contributed by atoms with Gasteiger partial charge in [0.2, 0.25) is 5.95 Å². The fraction of sp³-hybridized carbons (Fsp3) is 0.769. The zero-order valence-electron chi connectivity index (χ0n) is 11.7. The molecule has 0 spiro atoms. The van der Waals surface area contributed by atoms with Crippen molar-refractivity contribution in [1.29, 1.82) is 0 Å². The van der Waals surface area contributed by atoms with Crippen molar-refractivity contribution in [3.63, 3.8) is 0 Å². The Hall–Kier alpha value is -1.59. The molecule has 1 aliphatic carbocycles. The topological polar surface area (TPSA) is 69.2 Å². The number of rotatable bonds is 7. The summed E-state index contributed by atoms with van der Waals surface area (Å²) < 4.78 is 11.3. The molecule has 0 saturated heterocycles. The van der Waals surface area contributed by atoms with Crippen molar-refractivity contribution >= 4 is 5.95 Å². The summed E-state index contributed by atoms with van der Waals surface area (Å²) in [5, 5.41) is 3.07. The van der Waals surface area contributed by atoms with Crippen LogP contribution in [-0.2, 0) is 0 Å². The predicted octanol–water partition coefficient (Wildman–Crippen LogP) is 2.41. The van der Waals surface area contributed by atoms with Gasteiger partial charge in [-0.15, -0.1) is 4.98 Å². The highest BCUT2D eigenvalue weighted by Gasteiger charge is 2.19. The normalized spacial score (nSPS) is 15.5. The van der Waals surface area contributed by atoms with Gasteiger partial charge in [-0.1, -0.05) is 6.92 Å². The quantitative estimate of drug-likeness (QED) is 0.817. The monoisotopic (exact) mass is 266 g/mol. The smallest absolute Gasteiger partial charge is 0.324 e. The van der Waals surface area contributed by atoms with Gasteiger partial charge in [0.25, 0.3) is 0 Å². The van der Waals surface area contributed by atoms with Crippen molar-refractivity contribution in [2.75, 3.05) is 18.5 Å². The summed E-state index contributed by atoms with van der Waals surface area (Å²) in [5.74, 6) is 0.511. The van der Waals surface area contributed by atoms with E-state index in [1.807, 2.05) is 13.8 Å². The molecule has 0 radical (unpaired) electrons. The molecular weight excluding hydrogens is 244 g/mol. The first-order valence-electron chi connectivity index (χ1n) is 7.11. The molecule has 1 fully saturated rings. The number of anilines is 1. The van der Waals surface area contributed by atoms with Crippen molar-refractivity contribution in [3.8, 4) is 12.0 Å². The molecule has 106 valence electrons. The van der Waals surface area contributed by atoms with Gasteiger partial charge in [0.15, 0.2) is 0 Å². The third kappa shape index (κ3) is 4.22. The van der Waals surface area contributed by atoms with E-state index >= 15 is 0 Å². The first-order valence-corrected chi connectivity index (χ1v) is 7.11. The van der Waals surface area contributed by atoms with Gasteiger partial charge in [0.05, 0.1) is 6.61 Å². The number of aromatic nitrogens is 3. The fourth-order valence-corrected chi connectivity index (χ4v) is 2.04. The average molecular weight is 266 g/mol. The number of hydrogen-bond donors (Lipinski definition) is 1. The van der Waals surface area contributed by atoms with Crippen LogP contribution in [-0.4, -0.2) is 34.2 Å². The minimum absolute atomic E-state index is 0.232. The van der Waals surface area contributed by atoms with Gasteiger partial charge in [0.1, 0.15) is 6.10 Å². The Balaban J connectivity index is 2.07. The standard InChI is InChI=1S/C13H22N4O2/c1-3-9-18-12-15-11(14-4-2)16-13(17-12)19-10-7-5-6-8-10/h10H,3-9H2,1-2H3,(H,14,15,16,17). The highest BCUT2D eigenvalue weighted by molar-refractivity contribution is 5.27. The van der Waals surface area contributed by atoms with Crippen molar-refractivity contribution in [3.05, 3.63) is 0 Å². The summed E-state index contributed by atoms with van der Waals surface area (Å²) in [6.45, 7) is 5.38. The highest BCUT2D eigenvalue weighted by atomic mass is 16.5. The largest absolute Gasteiger partial charge is 0.463 e. The van der Waals surface area contributed by atoms with Crippen LogP contribution < -0.4 is 14.8 Å². The Bertz CT molecular complexity index is 394. The lowest BCUT2D eigenvalue weighted by Crippen LogP contribution is -2.15. The average Bonchev–Trinajstić information content (AvgIpc) is 2.89. The summed E-state index contributed by atoms with van der Waals surface area (Å²) in [4.78, 5) is 12.7. The lowest BCUT2D eigenvalue weighted by molar-refractivity contribution is 0.186. The zero-order valence-corrected chi connectivity index (χ0v) is 11.7. The molecule has 1 aliphatic rings. The third-order valence-electron chi connectivity index (χ3n) is 2.94. The van der Waals surface area contributed by atoms with Gasteiger partial charge < -0.3 is 14.8 Å². The van der Waals surface area contributed by atoms with Gasteiger partial charge in [-0.3, -0.25) is 0 Å². The molecule has 0 unspecified atom stereocenters. The highest BCUT2D eigenvalue weighted by Crippen LogP contribution is 2.23.